The first-order valence-electron chi connectivity index (χ1n) is 8.45. The predicted octanol–water partition coefficient (Wildman–Crippen LogP) is 1.68. The van der Waals surface area contributed by atoms with Crippen molar-refractivity contribution in [2.24, 2.45) is 0 Å². The van der Waals surface area contributed by atoms with Crippen molar-refractivity contribution >= 4 is 39.4 Å². The Labute approximate surface area is 158 Å². The lowest BCUT2D eigenvalue weighted by molar-refractivity contribution is -0.124. The van der Waals surface area contributed by atoms with Gasteiger partial charge in [-0.1, -0.05) is 18.2 Å². The number of rotatable bonds is 5. The van der Waals surface area contributed by atoms with E-state index in [2.05, 4.69) is 15.7 Å². The first-order valence-corrected chi connectivity index (χ1v) is 9.27. The van der Waals surface area contributed by atoms with Crippen LogP contribution in [0.3, 0.4) is 0 Å². The number of nitrogens with one attached hydrogen (secondary N) is 2. The molecule has 0 unspecified atom stereocenters. The van der Waals surface area contributed by atoms with Gasteiger partial charge in [-0.3, -0.25) is 14.5 Å². The number of hydrogen-bond acceptors (Lipinski definition) is 5. The van der Waals surface area contributed by atoms with Gasteiger partial charge in [0.05, 0.1) is 22.8 Å². The topological polar surface area (TPSA) is 96.3 Å². The summed E-state index contributed by atoms with van der Waals surface area (Å²) in [6.07, 6.45) is 0. The van der Waals surface area contributed by atoms with Crippen LogP contribution in [0.2, 0.25) is 0 Å². The van der Waals surface area contributed by atoms with Crippen LogP contribution >= 0.6 is 11.3 Å². The normalized spacial score (nSPS) is 14.0. The van der Waals surface area contributed by atoms with Gasteiger partial charge in [-0.25, -0.2) is 9.48 Å². The molecule has 4 amide bonds. The molecule has 1 saturated heterocycles. The number of amides is 4. The van der Waals surface area contributed by atoms with E-state index in [1.165, 1.54) is 11.3 Å². The SMILES string of the molecule is Cc1nn(-c2ccccc2)c2sc(C(=O)NCCN3C(=O)CNC3=O)cc12. The summed E-state index contributed by atoms with van der Waals surface area (Å²) in [5.74, 6) is -0.517. The van der Waals surface area contributed by atoms with Crippen LogP contribution in [-0.2, 0) is 4.79 Å². The third-order valence-corrected chi connectivity index (χ3v) is 5.44. The molecule has 3 heterocycles. The monoisotopic (exact) mass is 383 g/mol. The van der Waals surface area contributed by atoms with Gasteiger partial charge in [-0.15, -0.1) is 11.3 Å². The van der Waals surface area contributed by atoms with Crippen molar-refractivity contribution in [1.29, 1.82) is 0 Å². The molecule has 9 heteroatoms. The zero-order chi connectivity index (χ0) is 19.0. The Morgan fingerprint density at radius 3 is 2.78 bits per heavy atom. The van der Waals surface area contributed by atoms with E-state index < -0.39 is 6.03 Å². The average Bonchev–Trinajstić information content (AvgIpc) is 3.33. The van der Waals surface area contributed by atoms with E-state index in [9.17, 15) is 14.4 Å². The van der Waals surface area contributed by atoms with Crippen molar-refractivity contribution in [2.75, 3.05) is 19.6 Å². The summed E-state index contributed by atoms with van der Waals surface area (Å²) in [4.78, 5) is 38.1. The number of para-hydroxylation sites is 1. The third kappa shape index (κ3) is 3.17. The molecule has 1 aliphatic rings. The van der Waals surface area contributed by atoms with Crippen molar-refractivity contribution in [1.82, 2.24) is 25.3 Å². The quantitative estimate of drug-likeness (QED) is 0.655. The van der Waals surface area contributed by atoms with Gasteiger partial charge < -0.3 is 10.6 Å². The minimum atomic E-state index is -0.422. The molecular weight excluding hydrogens is 366 g/mol. The number of benzene rings is 1. The summed E-state index contributed by atoms with van der Waals surface area (Å²) in [5.41, 5.74) is 1.78. The number of aromatic nitrogens is 2. The molecule has 0 atom stereocenters. The lowest BCUT2D eigenvalue weighted by atomic mass is 10.3. The van der Waals surface area contributed by atoms with Crippen LogP contribution in [0.15, 0.2) is 36.4 Å². The molecule has 4 rings (SSSR count). The van der Waals surface area contributed by atoms with Crippen LogP contribution in [-0.4, -0.2) is 52.2 Å². The smallest absolute Gasteiger partial charge is 0.324 e. The summed E-state index contributed by atoms with van der Waals surface area (Å²) < 4.78 is 1.83. The molecule has 0 aliphatic carbocycles. The molecular formula is C18H17N5O3S. The molecule has 0 spiro atoms. The van der Waals surface area contributed by atoms with E-state index >= 15 is 0 Å². The zero-order valence-electron chi connectivity index (χ0n) is 14.6. The Hall–Kier alpha value is -3.20. The lowest BCUT2D eigenvalue weighted by Gasteiger charge is -2.12. The molecule has 3 aromatic rings. The van der Waals surface area contributed by atoms with Crippen molar-refractivity contribution in [2.45, 2.75) is 6.92 Å². The first kappa shape index (κ1) is 17.2. The van der Waals surface area contributed by atoms with Crippen LogP contribution in [0.1, 0.15) is 15.4 Å². The van der Waals surface area contributed by atoms with Crippen LogP contribution < -0.4 is 10.6 Å². The van der Waals surface area contributed by atoms with Crippen molar-refractivity contribution in [3.63, 3.8) is 0 Å². The summed E-state index contributed by atoms with van der Waals surface area (Å²) >= 11 is 1.36. The first-order chi connectivity index (χ1) is 13.0. The Kier molecular flexibility index (Phi) is 4.36. The van der Waals surface area contributed by atoms with Crippen LogP contribution in [0.25, 0.3) is 15.9 Å². The third-order valence-electron chi connectivity index (χ3n) is 4.33. The molecule has 27 heavy (non-hydrogen) atoms. The molecule has 1 fully saturated rings. The summed E-state index contributed by atoms with van der Waals surface area (Å²) in [6.45, 7) is 2.28. The molecule has 2 N–H and O–H groups in total. The second kappa shape index (κ2) is 6.84. The summed E-state index contributed by atoms with van der Waals surface area (Å²) in [7, 11) is 0. The van der Waals surface area contributed by atoms with Gasteiger partial charge in [0.2, 0.25) is 5.91 Å². The maximum absolute atomic E-state index is 12.5. The molecule has 8 nitrogen and oxygen atoms in total. The highest BCUT2D eigenvalue weighted by Crippen LogP contribution is 2.30. The number of urea groups is 1. The van der Waals surface area contributed by atoms with E-state index in [-0.39, 0.29) is 31.4 Å². The van der Waals surface area contributed by atoms with Crippen LogP contribution in [0, 0.1) is 6.92 Å². The number of aryl methyl sites for hydroxylation is 1. The molecule has 0 bridgehead atoms. The van der Waals surface area contributed by atoms with Crippen LogP contribution in [0.4, 0.5) is 4.79 Å². The van der Waals surface area contributed by atoms with Crippen molar-refractivity contribution in [3.8, 4) is 5.69 Å². The van der Waals surface area contributed by atoms with Gasteiger partial charge in [-0.05, 0) is 25.1 Å². The molecule has 2 aromatic heterocycles. The number of carbonyl (C=O) groups excluding carboxylic acids is 3. The Morgan fingerprint density at radius 1 is 1.30 bits per heavy atom. The highest BCUT2D eigenvalue weighted by Gasteiger charge is 2.28. The number of hydrogen-bond donors (Lipinski definition) is 2. The number of imide groups is 1. The van der Waals surface area contributed by atoms with Gasteiger partial charge in [0.25, 0.3) is 5.91 Å². The number of carbonyl (C=O) groups is 3. The Bertz CT molecular complexity index is 1020. The Morgan fingerprint density at radius 2 is 2.07 bits per heavy atom. The molecule has 1 aromatic carbocycles. The number of thiophene rings is 1. The standard InChI is InChI=1S/C18H17N5O3S/c1-11-13-9-14(16(25)19-7-8-22-15(24)10-20-18(22)26)27-17(13)23(21-11)12-5-3-2-4-6-12/h2-6,9H,7-8,10H2,1H3,(H,19,25)(H,20,26). The van der Waals surface area contributed by atoms with Gasteiger partial charge >= 0.3 is 6.03 Å². The zero-order valence-corrected chi connectivity index (χ0v) is 15.4. The minimum absolute atomic E-state index is 0.0123. The highest BCUT2D eigenvalue weighted by molar-refractivity contribution is 7.20. The fraction of sp³-hybridized carbons (Fsp3) is 0.222. The van der Waals surface area contributed by atoms with Crippen molar-refractivity contribution in [3.05, 3.63) is 47.0 Å². The highest BCUT2D eigenvalue weighted by atomic mass is 32.1. The van der Waals surface area contributed by atoms with Gasteiger partial charge in [0.15, 0.2) is 0 Å². The fourth-order valence-electron chi connectivity index (χ4n) is 2.95. The molecule has 1 aliphatic heterocycles. The van der Waals surface area contributed by atoms with E-state index in [0.717, 1.165) is 26.5 Å². The van der Waals surface area contributed by atoms with Gasteiger partial charge in [0, 0.05) is 18.5 Å². The minimum Gasteiger partial charge on any atom is -0.350 e. The van der Waals surface area contributed by atoms with E-state index in [1.807, 2.05) is 48.0 Å². The number of fused-ring (bicyclic) bond motifs is 1. The summed E-state index contributed by atoms with van der Waals surface area (Å²) in [5, 5.41) is 10.7. The van der Waals surface area contributed by atoms with Gasteiger partial charge in [0.1, 0.15) is 4.83 Å². The fourth-order valence-corrected chi connectivity index (χ4v) is 4.05. The second-order valence-electron chi connectivity index (χ2n) is 6.12. The number of nitrogens with zero attached hydrogens (tertiary/aromatic N) is 3. The van der Waals surface area contributed by atoms with Gasteiger partial charge in [-0.2, -0.15) is 5.10 Å². The summed E-state index contributed by atoms with van der Waals surface area (Å²) in [6, 6.07) is 11.1. The maximum atomic E-state index is 12.5. The second-order valence-corrected chi connectivity index (χ2v) is 7.15. The Balaban J connectivity index is 1.50. The maximum Gasteiger partial charge on any atom is 0.324 e. The molecule has 0 saturated carbocycles. The van der Waals surface area contributed by atoms with E-state index in [4.69, 9.17) is 0 Å². The van der Waals surface area contributed by atoms with Crippen molar-refractivity contribution < 1.29 is 14.4 Å². The van der Waals surface area contributed by atoms with E-state index in [1.54, 1.807) is 0 Å². The van der Waals surface area contributed by atoms with E-state index in [0.29, 0.717) is 4.88 Å². The lowest BCUT2D eigenvalue weighted by Crippen LogP contribution is -2.38. The average molecular weight is 383 g/mol. The molecule has 0 radical (unpaired) electrons. The largest absolute Gasteiger partial charge is 0.350 e. The van der Waals surface area contributed by atoms with Crippen LogP contribution in [0.5, 0.6) is 0 Å². The molecule has 138 valence electrons. The predicted molar refractivity (Wildman–Crippen MR) is 101 cm³/mol.